The molecule has 142 valence electrons. The van der Waals surface area contributed by atoms with Crippen LogP contribution < -0.4 is 0 Å². The van der Waals surface area contributed by atoms with Gasteiger partial charge < -0.3 is 14.6 Å². The third-order valence-corrected chi connectivity index (χ3v) is 7.66. The third-order valence-electron chi connectivity index (χ3n) is 7.66. The average Bonchev–Trinajstić information content (AvgIpc) is 2.54. The SMILES string of the molecule is CC1CC(=O)C2=C(O1)OC1(C)CCC3(O)C(C)(C)C(=O)C=CC3(C)C1C2. The largest absolute Gasteiger partial charge is 0.462 e. The number of fused-ring (bicyclic) bond motifs is 3. The van der Waals surface area contributed by atoms with E-state index in [4.69, 9.17) is 9.47 Å². The van der Waals surface area contributed by atoms with Crippen molar-refractivity contribution in [2.75, 3.05) is 0 Å². The Balaban J connectivity index is 1.84. The second-order valence-electron chi connectivity index (χ2n) is 9.46. The zero-order chi connectivity index (χ0) is 19.1. The highest BCUT2D eigenvalue weighted by molar-refractivity contribution is 5.98. The molecule has 0 aromatic carbocycles. The number of hydrogen-bond acceptors (Lipinski definition) is 5. The van der Waals surface area contributed by atoms with Gasteiger partial charge in [0.15, 0.2) is 11.6 Å². The van der Waals surface area contributed by atoms with Crippen LogP contribution in [-0.4, -0.2) is 34.0 Å². The van der Waals surface area contributed by atoms with Crippen LogP contribution >= 0.6 is 0 Å². The Bertz CT molecular complexity index is 762. The van der Waals surface area contributed by atoms with Crippen molar-refractivity contribution in [2.24, 2.45) is 16.7 Å². The molecule has 1 N–H and O–H groups in total. The van der Waals surface area contributed by atoms with Crippen LogP contribution in [0.2, 0.25) is 0 Å². The second-order valence-corrected chi connectivity index (χ2v) is 9.46. The number of carbonyl (C=O) groups excluding carboxylic acids is 2. The van der Waals surface area contributed by atoms with Crippen molar-refractivity contribution in [3.05, 3.63) is 23.7 Å². The van der Waals surface area contributed by atoms with Crippen LogP contribution in [0, 0.1) is 16.7 Å². The fourth-order valence-electron chi connectivity index (χ4n) is 5.74. The molecule has 4 rings (SSSR count). The van der Waals surface area contributed by atoms with E-state index in [1.54, 1.807) is 6.08 Å². The first kappa shape index (κ1) is 17.8. The summed E-state index contributed by atoms with van der Waals surface area (Å²) in [5.41, 5.74) is -2.67. The molecule has 2 aliphatic carbocycles. The van der Waals surface area contributed by atoms with Crippen molar-refractivity contribution in [2.45, 2.75) is 77.6 Å². The topological polar surface area (TPSA) is 72.8 Å². The highest BCUT2D eigenvalue weighted by atomic mass is 16.7. The lowest BCUT2D eigenvalue weighted by atomic mass is 9.44. The molecule has 0 amide bonds. The summed E-state index contributed by atoms with van der Waals surface area (Å²) in [6.45, 7) is 9.57. The Morgan fingerprint density at radius 3 is 2.50 bits per heavy atom. The van der Waals surface area contributed by atoms with Crippen LogP contribution in [-0.2, 0) is 19.1 Å². The van der Waals surface area contributed by atoms with Crippen molar-refractivity contribution in [1.82, 2.24) is 0 Å². The number of carbonyl (C=O) groups is 2. The summed E-state index contributed by atoms with van der Waals surface area (Å²) in [4.78, 5) is 25.1. The van der Waals surface area contributed by atoms with Crippen molar-refractivity contribution in [1.29, 1.82) is 0 Å². The first-order chi connectivity index (χ1) is 11.9. The molecule has 2 heterocycles. The fourth-order valence-corrected chi connectivity index (χ4v) is 5.74. The van der Waals surface area contributed by atoms with E-state index in [0.29, 0.717) is 37.2 Å². The lowest BCUT2D eigenvalue weighted by molar-refractivity contribution is -0.249. The molecule has 5 heteroatoms. The lowest BCUT2D eigenvalue weighted by Crippen LogP contribution is -2.70. The van der Waals surface area contributed by atoms with Gasteiger partial charge in [-0.15, -0.1) is 0 Å². The molecule has 0 saturated heterocycles. The minimum Gasteiger partial charge on any atom is -0.462 e. The molecule has 5 nitrogen and oxygen atoms in total. The molecule has 0 bridgehead atoms. The quantitative estimate of drug-likeness (QED) is 0.719. The van der Waals surface area contributed by atoms with Crippen molar-refractivity contribution >= 4 is 11.6 Å². The third kappa shape index (κ3) is 1.95. The van der Waals surface area contributed by atoms with Gasteiger partial charge in [-0.05, 0) is 53.0 Å². The first-order valence-corrected chi connectivity index (χ1v) is 9.53. The summed E-state index contributed by atoms with van der Waals surface area (Å²) in [6.07, 6.45) is 5.21. The number of ketones is 2. The molecule has 2 aliphatic heterocycles. The van der Waals surface area contributed by atoms with Crippen molar-refractivity contribution in [3.8, 4) is 0 Å². The average molecular weight is 360 g/mol. The molecule has 0 radical (unpaired) electrons. The molecule has 5 unspecified atom stereocenters. The Labute approximate surface area is 154 Å². The summed E-state index contributed by atoms with van der Waals surface area (Å²) in [5, 5.41) is 11.7. The van der Waals surface area contributed by atoms with E-state index in [0.717, 1.165) is 0 Å². The van der Waals surface area contributed by atoms with Crippen LogP contribution in [0.5, 0.6) is 0 Å². The number of Topliss-reactive ketones (excluding diaryl/α,β-unsaturated/α-hetero) is 1. The van der Waals surface area contributed by atoms with E-state index in [9.17, 15) is 14.7 Å². The summed E-state index contributed by atoms with van der Waals surface area (Å²) < 4.78 is 12.1. The number of aliphatic hydroxyl groups is 1. The van der Waals surface area contributed by atoms with Crippen molar-refractivity contribution in [3.63, 3.8) is 0 Å². The zero-order valence-electron chi connectivity index (χ0n) is 16.2. The van der Waals surface area contributed by atoms with Gasteiger partial charge in [-0.25, -0.2) is 0 Å². The van der Waals surface area contributed by atoms with E-state index < -0.39 is 22.0 Å². The first-order valence-electron chi connectivity index (χ1n) is 9.53. The Hall–Kier alpha value is -1.62. The second kappa shape index (κ2) is 5.00. The molecular formula is C21H28O5. The fraction of sp³-hybridized carbons (Fsp3) is 0.714. The number of hydrogen-bond donors (Lipinski definition) is 1. The maximum atomic E-state index is 12.6. The highest BCUT2D eigenvalue weighted by Crippen LogP contribution is 2.64. The lowest BCUT2D eigenvalue weighted by Gasteiger charge is -2.64. The van der Waals surface area contributed by atoms with Gasteiger partial charge in [0.05, 0.1) is 16.6 Å². The molecular weight excluding hydrogens is 332 g/mol. The number of ether oxygens (including phenoxy) is 2. The molecule has 5 atom stereocenters. The van der Waals surface area contributed by atoms with Gasteiger partial charge in [-0.1, -0.05) is 13.0 Å². The standard InChI is InChI=1S/C21H28O5/c1-12-10-14(22)13-11-15-19(4)7-6-16(23)18(2,3)21(19,24)9-8-20(15,5)26-17(13)25-12/h6-7,12,15,24H,8-11H2,1-5H3. The Morgan fingerprint density at radius 2 is 1.81 bits per heavy atom. The van der Waals surface area contributed by atoms with Gasteiger partial charge in [0.25, 0.3) is 5.95 Å². The van der Waals surface area contributed by atoms with Crippen LogP contribution in [0.25, 0.3) is 0 Å². The van der Waals surface area contributed by atoms with Gasteiger partial charge >= 0.3 is 0 Å². The van der Waals surface area contributed by atoms with E-state index in [1.165, 1.54) is 0 Å². The predicted molar refractivity (Wildman–Crippen MR) is 95.0 cm³/mol. The maximum Gasteiger partial charge on any atom is 0.286 e. The van der Waals surface area contributed by atoms with Crippen molar-refractivity contribution < 1.29 is 24.2 Å². The molecule has 1 fully saturated rings. The van der Waals surface area contributed by atoms with E-state index in [2.05, 4.69) is 0 Å². The number of allylic oxidation sites excluding steroid dienone is 2. The molecule has 0 aromatic rings. The summed E-state index contributed by atoms with van der Waals surface area (Å²) in [7, 11) is 0. The normalized spacial score (nSPS) is 46.7. The maximum absolute atomic E-state index is 12.6. The predicted octanol–water partition coefficient (Wildman–Crippen LogP) is 3.07. The molecule has 0 aromatic heterocycles. The molecule has 1 saturated carbocycles. The summed E-state index contributed by atoms with van der Waals surface area (Å²) in [5.74, 6) is 0.269. The van der Waals surface area contributed by atoms with Crippen LogP contribution in [0.15, 0.2) is 23.7 Å². The monoisotopic (exact) mass is 360 g/mol. The smallest absolute Gasteiger partial charge is 0.286 e. The van der Waals surface area contributed by atoms with Crippen LogP contribution in [0.1, 0.15) is 60.3 Å². The highest BCUT2D eigenvalue weighted by Gasteiger charge is 2.69. The Kier molecular flexibility index (Phi) is 3.42. The van der Waals surface area contributed by atoms with E-state index in [1.807, 2.05) is 40.7 Å². The molecule has 0 spiro atoms. The van der Waals surface area contributed by atoms with Gasteiger partial charge in [0, 0.05) is 17.8 Å². The Morgan fingerprint density at radius 1 is 1.12 bits per heavy atom. The van der Waals surface area contributed by atoms with Gasteiger partial charge in [0.2, 0.25) is 0 Å². The van der Waals surface area contributed by atoms with Gasteiger partial charge in [-0.2, -0.15) is 0 Å². The van der Waals surface area contributed by atoms with Gasteiger partial charge in [-0.3, -0.25) is 9.59 Å². The van der Waals surface area contributed by atoms with Gasteiger partial charge in [0.1, 0.15) is 11.7 Å². The van der Waals surface area contributed by atoms with Crippen LogP contribution in [0.3, 0.4) is 0 Å². The summed E-state index contributed by atoms with van der Waals surface area (Å²) in [6, 6.07) is 0. The molecule has 26 heavy (non-hydrogen) atoms. The molecule has 4 aliphatic rings. The van der Waals surface area contributed by atoms with Crippen LogP contribution in [0.4, 0.5) is 0 Å². The number of rotatable bonds is 0. The minimum atomic E-state index is -1.18. The zero-order valence-corrected chi connectivity index (χ0v) is 16.2. The summed E-state index contributed by atoms with van der Waals surface area (Å²) >= 11 is 0. The van der Waals surface area contributed by atoms with E-state index >= 15 is 0 Å². The minimum absolute atomic E-state index is 0.0522. The van der Waals surface area contributed by atoms with E-state index in [-0.39, 0.29) is 23.6 Å².